The molecule has 3 heterocycles. The molecule has 1 aliphatic heterocycles. The van der Waals surface area contributed by atoms with E-state index in [2.05, 4.69) is 21.7 Å². The molecule has 1 fully saturated rings. The fourth-order valence-corrected chi connectivity index (χ4v) is 5.36. The molecule has 1 aliphatic rings. The summed E-state index contributed by atoms with van der Waals surface area (Å²) in [7, 11) is 5.29. The number of likely N-dealkylation sites (N-methyl/N-ethyl adjacent to an activating group) is 3. The zero-order valence-electron chi connectivity index (χ0n) is 25.5. The van der Waals surface area contributed by atoms with Crippen LogP contribution in [0.4, 0.5) is 16.3 Å². The molecule has 4 rings (SSSR count). The molecule has 1 saturated heterocycles. The van der Waals surface area contributed by atoms with Gasteiger partial charge in [0.25, 0.3) is 11.7 Å². The number of thiocarbonyl (C=S) groups is 1. The van der Waals surface area contributed by atoms with Crippen molar-refractivity contribution in [3.05, 3.63) is 63.9 Å². The second kappa shape index (κ2) is 14.2. The molecule has 0 bridgehead atoms. The number of ether oxygens (including phenoxy) is 1. The number of carbonyl (C=O) groups excluding carboxylic acids is 2. The number of phenols is 1. The highest BCUT2D eigenvalue weighted by atomic mass is 32.1. The van der Waals surface area contributed by atoms with Crippen molar-refractivity contribution in [2.45, 2.75) is 26.0 Å². The van der Waals surface area contributed by atoms with Crippen molar-refractivity contribution in [2.75, 3.05) is 58.8 Å². The highest BCUT2D eigenvalue weighted by molar-refractivity contribution is 7.80. The lowest BCUT2D eigenvalue weighted by molar-refractivity contribution is -0.385. The Morgan fingerprint density at radius 2 is 1.96 bits per heavy atom. The summed E-state index contributed by atoms with van der Waals surface area (Å²) in [5, 5.41) is 21.5. The van der Waals surface area contributed by atoms with Crippen LogP contribution in [-0.2, 0) is 16.1 Å². The number of benzene rings is 1. The first-order valence-corrected chi connectivity index (χ1v) is 14.6. The number of piperidine rings is 1. The maximum absolute atomic E-state index is 13.4. The molecule has 2 atom stereocenters. The molecule has 238 valence electrons. The first-order valence-electron chi connectivity index (χ1n) is 14.2. The second-order valence-corrected chi connectivity index (χ2v) is 11.3. The van der Waals surface area contributed by atoms with Gasteiger partial charge < -0.3 is 34.3 Å². The van der Waals surface area contributed by atoms with Crippen LogP contribution in [0, 0.1) is 22.6 Å². The highest BCUT2D eigenvalue weighted by Crippen LogP contribution is 2.30. The van der Waals surface area contributed by atoms with Gasteiger partial charge in [-0.2, -0.15) is 0 Å². The molecular weight excluding hydrogens is 602 g/mol. The predicted molar refractivity (Wildman–Crippen MR) is 170 cm³/mol. The molecule has 15 nitrogen and oxygen atoms in total. The van der Waals surface area contributed by atoms with Gasteiger partial charge in [0.15, 0.2) is 11.4 Å². The smallest absolute Gasteiger partial charge is 0.329 e. The van der Waals surface area contributed by atoms with E-state index in [1.54, 1.807) is 36.2 Å². The van der Waals surface area contributed by atoms with Crippen molar-refractivity contribution < 1.29 is 24.4 Å². The van der Waals surface area contributed by atoms with Crippen molar-refractivity contribution in [1.82, 2.24) is 29.2 Å². The Morgan fingerprint density at radius 1 is 1.22 bits per heavy atom. The Morgan fingerprint density at radius 3 is 2.67 bits per heavy atom. The second-order valence-electron chi connectivity index (χ2n) is 11.0. The van der Waals surface area contributed by atoms with E-state index in [1.807, 2.05) is 11.9 Å². The SMILES string of the molecule is [C-]#[N+]CC(=O)N1CC[C@@H](C)[C@@H](N(C)c2ncnc3c2ccn3C(=O)N(C)CCN(C)C(=S)OCc2ccc(O)c([N+](=O)[O-])c2)C1. The number of fused-ring (bicyclic) bond motifs is 1. The minimum Gasteiger partial charge on any atom is -0.502 e. The Kier molecular flexibility index (Phi) is 10.3. The van der Waals surface area contributed by atoms with Crippen molar-refractivity contribution in [3.63, 3.8) is 0 Å². The van der Waals surface area contributed by atoms with E-state index in [-0.39, 0.29) is 42.2 Å². The summed E-state index contributed by atoms with van der Waals surface area (Å²) in [5.41, 5.74) is 0.498. The van der Waals surface area contributed by atoms with E-state index in [0.29, 0.717) is 48.6 Å². The number of aromatic nitrogens is 3. The molecule has 2 amide bonds. The Hall–Kier alpha value is -5.04. The summed E-state index contributed by atoms with van der Waals surface area (Å²) in [6, 6.07) is 5.42. The molecule has 1 aromatic carbocycles. The molecule has 3 aromatic rings. The molecule has 45 heavy (non-hydrogen) atoms. The van der Waals surface area contributed by atoms with Gasteiger partial charge >= 0.3 is 17.6 Å². The lowest BCUT2D eigenvalue weighted by atomic mass is 9.92. The van der Waals surface area contributed by atoms with Crippen LogP contribution in [0.1, 0.15) is 18.9 Å². The standard InChI is InChI=1S/C29H35N9O6S/c1-19-8-10-36(25(40)15-30-2)16-23(19)35(5)26-21-9-11-37(27(21)32-18-31-26)28(41)33(3)12-13-34(4)29(45)44-17-20-6-7-24(39)22(14-20)38(42)43/h6-7,9,11,14,18-19,23,39H,8,10,12-13,15-17H2,1,3-5H3/t19-,23+/m1/s1. The zero-order valence-corrected chi connectivity index (χ0v) is 26.3. The topological polar surface area (TPSA) is 155 Å². The number of nitrogens with zero attached hydrogens (tertiary/aromatic N) is 9. The van der Waals surface area contributed by atoms with Crippen LogP contribution in [0.15, 0.2) is 36.8 Å². The average molecular weight is 638 g/mol. The van der Waals surface area contributed by atoms with Crippen LogP contribution in [0.25, 0.3) is 15.9 Å². The van der Waals surface area contributed by atoms with E-state index in [0.717, 1.165) is 6.42 Å². The third-order valence-electron chi connectivity index (χ3n) is 7.99. The minimum atomic E-state index is -0.677. The van der Waals surface area contributed by atoms with Crippen molar-refractivity contribution >= 4 is 51.9 Å². The molecule has 0 unspecified atom stereocenters. The van der Waals surface area contributed by atoms with Gasteiger partial charge in [-0.3, -0.25) is 19.5 Å². The van der Waals surface area contributed by atoms with Crippen LogP contribution >= 0.6 is 12.2 Å². The molecule has 2 aromatic heterocycles. The number of carbonyl (C=O) groups is 2. The number of nitro benzene ring substituents is 1. The summed E-state index contributed by atoms with van der Waals surface area (Å²) in [6.45, 7) is 10.7. The summed E-state index contributed by atoms with van der Waals surface area (Å²) in [5.74, 6) is 0.313. The predicted octanol–water partition coefficient (Wildman–Crippen LogP) is 2.97. The van der Waals surface area contributed by atoms with Gasteiger partial charge in [0.05, 0.1) is 16.4 Å². The number of anilines is 1. The number of phenolic OH excluding ortho intramolecular Hbond substituents is 1. The van der Waals surface area contributed by atoms with Crippen molar-refractivity contribution in [1.29, 1.82) is 0 Å². The van der Waals surface area contributed by atoms with Crippen molar-refractivity contribution in [2.24, 2.45) is 5.92 Å². The van der Waals surface area contributed by atoms with Gasteiger partial charge in [0.1, 0.15) is 18.8 Å². The van der Waals surface area contributed by atoms with Crippen LogP contribution < -0.4 is 4.90 Å². The fourth-order valence-electron chi connectivity index (χ4n) is 5.21. The lowest BCUT2D eigenvalue weighted by Crippen LogP contribution is -2.53. The van der Waals surface area contributed by atoms with Crippen LogP contribution in [0.5, 0.6) is 5.75 Å². The quantitative estimate of drug-likeness (QED) is 0.159. The van der Waals surface area contributed by atoms with E-state index in [4.69, 9.17) is 23.5 Å². The molecule has 0 saturated carbocycles. The molecule has 1 N–H and O–H groups in total. The summed E-state index contributed by atoms with van der Waals surface area (Å²) in [6.07, 6.45) is 3.87. The Bertz CT molecular complexity index is 1640. The van der Waals surface area contributed by atoms with Gasteiger partial charge in [-0.25, -0.2) is 21.3 Å². The number of rotatable bonds is 9. The minimum absolute atomic E-state index is 0.0279. The van der Waals surface area contributed by atoms with E-state index >= 15 is 0 Å². The van der Waals surface area contributed by atoms with Gasteiger partial charge in [-0.15, -0.1) is 0 Å². The monoisotopic (exact) mass is 637 g/mol. The summed E-state index contributed by atoms with van der Waals surface area (Å²) in [4.78, 5) is 55.3. The summed E-state index contributed by atoms with van der Waals surface area (Å²) >= 11 is 5.34. The molecule has 0 radical (unpaired) electrons. The van der Waals surface area contributed by atoms with Crippen LogP contribution in [-0.4, -0.2) is 116 Å². The van der Waals surface area contributed by atoms with Gasteiger partial charge in [-0.05, 0) is 42.3 Å². The normalized spacial score (nSPS) is 16.1. The van der Waals surface area contributed by atoms with Gasteiger partial charge in [0.2, 0.25) is 0 Å². The zero-order chi connectivity index (χ0) is 32.8. The number of amides is 2. The van der Waals surface area contributed by atoms with Gasteiger partial charge in [0, 0.05) is 59.6 Å². The van der Waals surface area contributed by atoms with Crippen LogP contribution in [0.3, 0.4) is 0 Å². The largest absolute Gasteiger partial charge is 0.502 e. The Balaban J connectivity index is 1.38. The van der Waals surface area contributed by atoms with Gasteiger partial charge in [-0.1, -0.05) is 13.0 Å². The Labute approximate surface area is 265 Å². The number of hydrogen-bond donors (Lipinski definition) is 1. The number of hydrogen-bond acceptors (Lipinski definition) is 10. The first kappa shape index (κ1) is 32.9. The van der Waals surface area contributed by atoms with E-state index in [1.165, 1.54) is 34.0 Å². The molecule has 0 aliphatic carbocycles. The molecule has 16 heteroatoms. The van der Waals surface area contributed by atoms with E-state index in [9.17, 15) is 24.8 Å². The lowest BCUT2D eigenvalue weighted by Gasteiger charge is -2.41. The number of likely N-dealkylation sites (tertiary alicyclic amines) is 1. The first-order chi connectivity index (χ1) is 21.4. The maximum atomic E-state index is 13.4. The molecular formula is C29H35N9O6S. The third-order valence-corrected chi connectivity index (χ3v) is 8.42. The fraction of sp³-hybridized carbons (Fsp3) is 0.448. The third kappa shape index (κ3) is 7.37. The maximum Gasteiger partial charge on any atom is 0.329 e. The number of aromatic hydroxyl groups is 1. The van der Waals surface area contributed by atoms with Crippen LogP contribution in [0.2, 0.25) is 0 Å². The highest BCUT2D eigenvalue weighted by Gasteiger charge is 2.33. The van der Waals surface area contributed by atoms with Crippen molar-refractivity contribution in [3.8, 4) is 5.75 Å². The van der Waals surface area contributed by atoms with E-state index < -0.39 is 16.4 Å². The number of nitro groups is 1. The summed E-state index contributed by atoms with van der Waals surface area (Å²) < 4.78 is 7.06. The molecule has 0 spiro atoms. The average Bonchev–Trinajstić information content (AvgIpc) is 3.46.